The van der Waals surface area contributed by atoms with Gasteiger partial charge in [-0.2, -0.15) is 0 Å². The first-order valence-electron chi connectivity index (χ1n) is 12.2. The largest absolute Gasteiger partial charge is 0.0558 e. The van der Waals surface area contributed by atoms with Crippen molar-refractivity contribution in [2.75, 3.05) is 0 Å². The Morgan fingerprint density at radius 1 is 0.212 bits per heavy atom. The van der Waals surface area contributed by atoms with Gasteiger partial charge in [-0.1, -0.05) is 18.2 Å². The van der Waals surface area contributed by atoms with E-state index in [1.807, 2.05) is 0 Å². The van der Waals surface area contributed by atoms with Gasteiger partial charge >= 0.3 is 0 Å². The minimum absolute atomic E-state index is 1.41. The first kappa shape index (κ1) is 28.7. The van der Waals surface area contributed by atoms with E-state index < -0.39 is 0 Å². The molecule has 0 saturated heterocycles. The molecule has 0 bridgehead atoms. The van der Waals surface area contributed by atoms with Gasteiger partial charge in [-0.05, 0) is 187 Å². The van der Waals surface area contributed by atoms with E-state index in [9.17, 15) is 0 Å². The summed E-state index contributed by atoms with van der Waals surface area (Å²) in [5.74, 6) is 0. The van der Waals surface area contributed by atoms with E-state index in [1.165, 1.54) is 83.5 Å². The Morgan fingerprint density at radius 2 is 0.333 bits per heavy atom. The third-order valence-corrected chi connectivity index (χ3v) is 8.22. The Bertz CT molecular complexity index is 915. The van der Waals surface area contributed by atoms with Gasteiger partial charge in [0, 0.05) is 0 Å². The highest BCUT2D eigenvalue weighted by atomic mass is 14.1. The van der Waals surface area contributed by atoms with Crippen molar-refractivity contribution >= 4 is 0 Å². The van der Waals surface area contributed by atoms with Crippen LogP contribution in [0, 0.1) is 104 Å². The Hall–Kier alpha value is -2.34. The van der Waals surface area contributed by atoms with E-state index in [0.717, 1.165) is 0 Å². The first-order chi connectivity index (χ1) is 15.1. The molecule has 0 atom stereocenters. The van der Waals surface area contributed by atoms with Crippen LogP contribution in [0.2, 0.25) is 0 Å². The molecule has 0 aliphatic carbocycles. The van der Waals surface area contributed by atoms with E-state index in [0.29, 0.717) is 0 Å². The molecule has 33 heavy (non-hydrogen) atoms. The Balaban J connectivity index is 0.000000247. The lowest BCUT2D eigenvalue weighted by Gasteiger charge is -2.10. The van der Waals surface area contributed by atoms with Crippen molar-refractivity contribution in [1.29, 1.82) is 0 Å². The van der Waals surface area contributed by atoms with Crippen molar-refractivity contribution in [2.45, 2.75) is 104 Å². The van der Waals surface area contributed by atoms with Crippen LogP contribution < -0.4 is 0 Å². The predicted molar refractivity (Wildman–Crippen MR) is 150 cm³/mol. The van der Waals surface area contributed by atoms with E-state index in [4.69, 9.17) is 0 Å². The third-order valence-electron chi connectivity index (χ3n) is 8.22. The third kappa shape index (κ3) is 6.83. The molecule has 0 aliphatic rings. The molecule has 3 aromatic rings. The number of aryl methyl sites for hydroxylation is 6. The topological polar surface area (TPSA) is 0 Å². The smallest absolute Gasteiger partial charge is 0.0392 e. The minimum atomic E-state index is 1.41. The Kier molecular flexibility index (Phi) is 10.2. The molecule has 0 spiro atoms. The molecule has 0 radical (unpaired) electrons. The maximum atomic E-state index is 2.26. The average Bonchev–Trinajstić information content (AvgIpc) is 2.77. The summed E-state index contributed by atoms with van der Waals surface area (Å²) in [6.45, 7) is 32.8. The summed E-state index contributed by atoms with van der Waals surface area (Å²) in [5, 5.41) is 0. The van der Waals surface area contributed by atoms with Crippen molar-refractivity contribution < 1.29 is 0 Å². The van der Waals surface area contributed by atoms with Crippen molar-refractivity contribution in [2.24, 2.45) is 0 Å². The summed E-state index contributed by atoms with van der Waals surface area (Å²) in [4.78, 5) is 0. The molecule has 0 fully saturated rings. The van der Waals surface area contributed by atoms with Gasteiger partial charge in [-0.25, -0.2) is 0 Å². The van der Waals surface area contributed by atoms with Gasteiger partial charge in [0.25, 0.3) is 0 Å². The fourth-order valence-corrected chi connectivity index (χ4v) is 4.24. The zero-order valence-electron chi connectivity index (χ0n) is 24.2. The molecule has 0 N–H and O–H groups in total. The van der Waals surface area contributed by atoms with Crippen molar-refractivity contribution in [1.82, 2.24) is 0 Å². The molecule has 0 unspecified atom stereocenters. The van der Waals surface area contributed by atoms with Crippen LogP contribution in [0.15, 0.2) is 18.2 Å². The Morgan fingerprint density at radius 3 is 0.455 bits per heavy atom. The van der Waals surface area contributed by atoms with Gasteiger partial charge < -0.3 is 0 Å². The van der Waals surface area contributed by atoms with Gasteiger partial charge in [0.05, 0.1) is 0 Å². The van der Waals surface area contributed by atoms with E-state index in [1.54, 1.807) is 0 Å². The molecule has 0 heterocycles. The molecule has 0 heteroatoms. The van der Waals surface area contributed by atoms with Crippen LogP contribution in [0.4, 0.5) is 0 Å². The van der Waals surface area contributed by atoms with Gasteiger partial charge in [0.2, 0.25) is 0 Å². The van der Waals surface area contributed by atoms with E-state index in [2.05, 4.69) is 122 Å². The SMILES string of the molecule is Cc1cc(C)c(C)c(C)c1C.Cc1cc(C)c(C)c(C)c1C.Cc1cc(C)c(C)c(C)c1C. The molecule has 180 valence electrons. The molecular formula is C33H48. The first-order valence-corrected chi connectivity index (χ1v) is 12.2. The Labute approximate surface area is 205 Å². The minimum Gasteiger partial charge on any atom is -0.0558 e. The normalized spacial score (nSPS) is 10.3. The maximum absolute atomic E-state index is 2.26. The van der Waals surface area contributed by atoms with Gasteiger partial charge in [-0.3, -0.25) is 0 Å². The van der Waals surface area contributed by atoms with Crippen LogP contribution in [0.1, 0.15) is 83.5 Å². The standard InChI is InChI=1S/3C11H16/c3*1-7-6-8(2)10(4)11(5)9(7)3/h3*6H,1-5H3. The molecule has 0 nitrogen and oxygen atoms in total. The zero-order valence-corrected chi connectivity index (χ0v) is 24.2. The monoisotopic (exact) mass is 444 g/mol. The zero-order chi connectivity index (χ0) is 25.8. The highest BCUT2D eigenvalue weighted by Gasteiger charge is 2.04. The molecule has 0 amide bonds. The summed E-state index contributed by atoms with van der Waals surface area (Å²) in [7, 11) is 0. The summed E-state index contributed by atoms with van der Waals surface area (Å²) < 4.78 is 0. The number of benzene rings is 3. The second-order valence-electron chi connectivity index (χ2n) is 10.2. The van der Waals surface area contributed by atoms with Crippen LogP contribution in [-0.4, -0.2) is 0 Å². The molecule has 0 saturated carbocycles. The second-order valence-corrected chi connectivity index (χ2v) is 10.2. The van der Waals surface area contributed by atoms with Crippen LogP contribution in [-0.2, 0) is 0 Å². The van der Waals surface area contributed by atoms with Crippen LogP contribution >= 0.6 is 0 Å². The maximum Gasteiger partial charge on any atom is -0.0392 e. The lowest BCUT2D eigenvalue weighted by Crippen LogP contribution is -1.93. The van der Waals surface area contributed by atoms with Crippen LogP contribution in [0.25, 0.3) is 0 Å². The summed E-state index contributed by atoms with van der Waals surface area (Å²) >= 11 is 0. The lowest BCUT2D eigenvalue weighted by atomic mass is 9.96. The summed E-state index contributed by atoms with van der Waals surface area (Å²) in [6, 6.07) is 6.78. The van der Waals surface area contributed by atoms with Crippen LogP contribution in [0.5, 0.6) is 0 Å². The fraction of sp³-hybridized carbons (Fsp3) is 0.455. The molecule has 0 aromatic heterocycles. The highest BCUT2D eigenvalue weighted by Crippen LogP contribution is 2.21. The number of hydrogen-bond acceptors (Lipinski definition) is 0. The molecule has 3 rings (SSSR count). The fourth-order valence-electron chi connectivity index (χ4n) is 4.24. The molecule has 0 aliphatic heterocycles. The quantitative estimate of drug-likeness (QED) is 0.324. The van der Waals surface area contributed by atoms with E-state index in [-0.39, 0.29) is 0 Å². The second kappa shape index (κ2) is 11.7. The lowest BCUT2D eigenvalue weighted by molar-refractivity contribution is 1.18. The highest BCUT2D eigenvalue weighted by molar-refractivity contribution is 5.44. The average molecular weight is 445 g/mol. The number of hydrogen-bond donors (Lipinski definition) is 0. The number of rotatable bonds is 0. The predicted octanol–water partition coefficient (Wildman–Crippen LogP) is 9.69. The summed E-state index contributed by atoms with van der Waals surface area (Å²) in [5.41, 5.74) is 21.4. The molecule has 3 aromatic carbocycles. The van der Waals surface area contributed by atoms with Gasteiger partial charge in [0.1, 0.15) is 0 Å². The van der Waals surface area contributed by atoms with Gasteiger partial charge in [0.15, 0.2) is 0 Å². The van der Waals surface area contributed by atoms with Crippen LogP contribution in [0.3, 0.4) is 0 Å². The molecular weight excluding hydrogens is 396 g/mol. The summed E-state index contributed by atoms with van der Waals surface area (Å²) in [6.07, 6.45) is 0. The van der Waals surface area contributed by atoms with Crippen molar-refractivity contribution in [3.05, 3.63) is 102 Å². The van der Waals surface area contributed by atoms with Gasteiger partial charge in [-0.15, -0.1) is 0 Å². The van der Waals surface area contributed by atoms with E-state index >= 15 is 0 Å². The van der Waals surface area contributed by atoms with Crippen molar-refractivity contribution in [3.63, 3.8) is 0 Å². The van der Waals surface area contributed by atoms with Crippen molar-refractivity contribution in [3.8, 4) is 0 Å².